The normalized spacial score (nSPS) is 10.5. The van der Waals surface area contributed by atoms with Gasteiger partial charge in [-0.15, -0.1) is 11.3 Å². The number of hydrogen-bond acceptors (Lipinski definition) is 3. The molecule has 4 heteroatoms. The molecular formula is C11H9BrO2S. The number of halogens is 1. The van der Waals surface area contributed by atoms with E-state index in [1.54, 1.807) is 11.3 Å². The third kappa shape index (κ3) is 2.06. The second-order valence-corrected chi connectivity index (χ2v) is 4.84. The lowest BCUT2D eigenvalue weighted by atomic mass is 10.2. The zero-order valence-electron chi connectivity index (χ0n) is 8.12. The van der Waals surface area contributed by atoms with Crippen LogP contribution < -0.4 is 0 Å². The van der Waals surface area contributed by atoms with Gasteiger partial charge in [-0.1, -0.05) is 22.0 Å². The third-order valence-electron chi connectivity index (χ3n) is 2.03. The van der Waals surface area contributed by atoms with Crippen LogP contribution in [0.3, 0.4) is 0 Å². The van der Waals surface area contributed by atoms with Gasteiger partial charge in [-0.25, -0.2) is 4.79 Å². The number of ether oxygens (including phenoxy) is 1. The van der Waals surface area contributed by atoms with Crippen LogP contribution in [0.5, 0.6) is 0 Å². The predicted molar refractivity (Wildman–Crippen MR) is 65.5 cm³/mol. The Morgan fingerprint density at radius 3 is 3.07 bits per heavy atom. The van der Waals surface area contributed by atoms with Crippen LogP contribution >= 0.6 is 27.3 Å². The molecule has 0 aliphatic heterocycles. The van der Waals surface area contributed by atoms with Gasteiger partial charge in [-0.2, -0.15) is 0 Å². The van der Waals surface area contributed by atoms with Crippen LogP contribution in [0.15, 0.2) is 28.1 Å². The Hall–Kier alpha value is -0.870. The Bertz CT molecular complexity index is 504. The summed E-state index contributed by atoms with van der Waals surface area (Å²) in [4.78, 5) is 11.6. The van der Waals surface area contributed by atoms with E-state index in [0.717, 1.165) is 14.6 Å². The number of fused-ring (bicyclic) bond motifs is 1. The van der Waals surface area contributed by atoms with Crippen LogP contribution in [0.25, 0.3) is 10.1 Å². The Morgan fingerprint density at radius 2 is 2.33 bits per heavy atom. The summed E-state index contributed by atoms with van der Waals surface area (Å²) in [5.74, 6) is -0.244. The Balaban J connectivity index is 2.49. The molecule has 0 spiro atoms. The highest BCUT2D eigenvalue weighted by Crippen LogP contribution is 2.29. The lowest BCUT2D eigenvalue weighted by Gasteiger charge is -1.99. The summed E-state index contributed by atoms with van der Waals surface area (Å²) < 4.78 is 7.09. The maximum absolute atomic E-state index is 11.6. The topological polar surface area (TPSA) is 26.3 Å². The van der Waals surface area contributed by atoms with Gasteiger partial charge in [-0.3, -0.25) is 0 Å². The summed E-state index contributed by atoms with van der Waals surface area (Å²) in [5.41, 5.74) is 0.657. The lowest BCUT2D eigenvalue weighted by molar-refractivity contribution is 0.0529. The molecule has 1 aromatic heterocycles. The average Bonchev–Trinajstić information content (AvgIpc) is 2.60. The second kappa shape index (κ2) is 4.33. The molecule has 15 heavy (non-hydrogen) atoms. The SMILES string of the molecule is CCOC(=O)c1csc2cc(Br)ccc12. The maximum atomic E-state index is 11.6. The highest BCUT2D eigenvalue weighted by Gasteiger charge is 2.12. The maximum Gasteiger partial charge on any atom is 0.339 e. The fraction of sp³-hybridized carbons (Fsp3) is 0.182. The number of carbonyl (C=O) groups is 1. The zero-order valence-corrected chi connectivity index (χ0v) is 10.5. The molecule has 0 atom stereocenters. The molecule has 1 aromatic carbocycles. The summed E-state index contributed by atoms with van der Waals surface area (Å²) in [7, 11) is 0. The van der Waals surface area contributed by atoms with Crippen LogP contribution in [-0.2, 0) is 4.74 Å². The molecule has 78 valence electrons. The van der Waals surface area contributed by atoms with Crippen molar-refractivity contribution in [2.75, 3.05) is 6.61 Å². The van der Waals surface area contributed by atoms with E-state index in [9.17, 15) is 4.79 Å². The van der Waals surface area contributed by atoms with E-state index in [0.29, 0.717) is 12.2 Å². The molecule has 0 N–H and O–H groups in total. The molecule has 0 aliphatic carbocycles. The van der Waals surface area contributed by atoms with E-state index in [4.69, 9.17) is 4.74 Å². The van der Waals surface area contributed by atoms with Crippen LogP contribution in [0.2, 0.25) is 0 Å². The van der Waals surface area contributed by atoms with Gasteiger partial charge in [0.2, 0.25) is 0 Å². The van der Waals surface area contributed by atoms with Crippen molar-refractivity contribution >= 4 is 43.3 Å². The molecule has 2 rings (SSSR count). The molecule has 0 unspecified atom stereocenters. The van der Waals surface area contributed by atoms with Gasteiger partial charge in [0.15, 0.2) is 0 Å². The van der Waals surface area contributed by atoms with Crippen LogP contribution in [-0.4, -0.2) is 12.6 Å². The van der Waals surface area contributed by atoms with E-state index >= 15 is 0 Å². The molecule has 1 heterocycles. The summed E-state index contributed by atoms with van der Waals surface area (Å²) in [6.07, 6.45) is 0. The molecule has 0 bridgehead atoms. The van der Waals surface area contributed by atoms with E-state index in [1.165, 1.54) is 0 Å². The van der Waals surface area contributed by atoms with Crippen molar-refractivity contribution in [3.63, 3.8) is 0 Å². The largest absolute Gasteiger partial charge is 0.462 e. The van der Waals surface area contributed by atoms with Crippen molar-refractivity contribution in [1.29, 1.82) is 0 Å². The van der Waals surface area contributed by atoms with E-state index in [1.807, 2.05) is 30.5 Å². The summed E-state index contributed by atoms with van der Waals surface area (Å²) in [6.45, 7) is 2.22. The van der Waals surface area contributed by atoms with Crippen LogP contribution in [0.4, 0.5) is 0 Å². The first kappa shape index (κ1) is 10.6. The van der Waals surface area contributed by atoms with Gasteiger partial charge in [0.05, 0.1) is 12.2 Å². The molecule has 0 saturated heterocycles. The Labute approximate surface area is 100.0 Å². The average molecular weight is 285 g/mol. The van der Waals surface area contributed by atoms with E-state index < -0.39 is 0 Å². The molecule has 0 amide bonds. The van der Waals surface area contributed by atoms with Gasteiger partial charge < -0.3 is 4.74 Å². The van der Waals surface area contributed by atoms with Crippen molar-refractivity contribution in [2.24, 2.45) is 0 Å². The molecule has 0 aliphatic rings. The van der Waals surface area contributed by atoms with Crippen LogP contribution in [0, 0.1) is 0 Å². The highest BCUT2D eigenvalue weighted by molar-refractivity contribution is 9.10. The molecule has 0 fully saturated rings. The van der Waals surface area contributed by atoms with E-state index in [2.05, 4.69) is 15.9 Å². The van der Waals surface area contributed by atoms with Crippen molar-refractivity contribution < 1.29 is 9.53 Å². The molecular weight excluding hydrogens is 276 g/mol. The van der Waals surface area contributed by atoms with Gasteiger partial charge in [-0.05, 0) is 19.1 Å². The fourth-order valence-corrected chi connectivity index (χ4v) is 2.85. The number of benzene rings is 1. The molecule has 2 nitrogen and oxygen atoms in total. The predicted octanol–water partition coefficient (Wildman–Crippen LogP) is 3.84. The van der Waals surface area contributed by atoms with Gasteiger partial charge in [0.1, 0.15) is 0 Å². The fourth-order valence-electron chi connectivity index (χ4n) is 1.37. The quantitative estimate of drug-likeness (QED) is 0.784. The first-order valence-corrected chi connectivity index (χ1v) is 6.23. The standard InChI is InChI=1S/C11H9BrO2S/c1-2-14-11(13)9-6-15-10-5-7(12)3-4-8(9)10/h3-6H,2H2,1H3. The lowest BCUT2D eigenvalue weighted by Crippen LogP contribution is -2.03. The number of rotatable bonds is 2. The number of carbonyl (C=O) groups excluding carboxylic acids is 1. The van der Waals surface area contributed by atoms with Crippen molar-refractivity contribution in [2.45, 2.75) is 6.92 Å². The first-order valence-electron chi connectivity index (χ1n) is 4.56. The first-order chi connectivity index (χ1) is 7.22. The van der Waals surface area contributed by atoms with Crippen molar-refractivity contribution in [1.82, 2.24) is 0 Å². The summed E-state index contributed by atoms with van der Waals surface area (Å²) >= 11 is 4.95. The number of esters is 1. The van der Waals surface area contributed by atoms with Gasteiger partial charge in [0, 0.05) is 19.9 Å². The van der Waals surface area contributed by atoms with Crippen LogP contribution in [0.1, 0.15) is 17.3 Å². The summed E-state index contributed by atoms with van der Waals surface area (Å²) in [5, 5.41) is 2.80. The minimum absolute atomic E-state index is 0.244. The molecule has 0 radical (unpaired) electrons. The van der Waals surface area contributed by atoms with Crippen molar-refractivity contribution in [3.8, 4) is 0 Å². The monoisotopic (exact) mass is 284 g/mol. The van der Waals surface area contributed by atoms with E-state index in [-0.39, 0.29) is 5.97 Å². The smallest absolute Gasteiger partial charge is 0.339 e. The van der Waals surface area contributed by atoms with Gasteiger partial charge in [0.25, 0.3) is 0 Å². The number of hydrogen-bond donors (Lipinski definition) is 0. The highest BCUT2D eigenvalue weighted by atomic mass is 79.9. The zero-order chi connectivity index (χ0) is 10.8. The Kier molecular flexibility index (Phi) is 3.07. The minimum atomic E-state index is -0.244. The minimum Gasteiger partial charge on any atom is -0.462 e. The molecule has 0 saturated carbocycles. The second-order valence-electron chi connectivity index (χ2n) is 3.01. The Morgan fingerprint density at radius 1 is 1.53 bits per heavy atom. The van der Waals surface area contributed by atoms with Gasteiger partial charge >= 0.3 is 5.97 Å². The molecule has 2 aromatic rings. The third-order valence-corrected chi connectivity index (χ3v) is 3.47. The number of thiophene rings is 1. The summed E-state index contributed by atoms with van der Waals surface area (Å²) in [6, 6.07) is 5.86. The van der Waals surface area contributed by atoms with Crippen molar-refractivity contribution in [3.05, 3.63) is 33.6 Å².